The lowest BCUT2D eigenvalue weighted by Gasteiger charge is -2.26. The average Bonchev–Trinajstić information content (AvgIpc) is 3.02. The molecule has 3 rings (SSSR count). The molecule has 1 heterocycles. The molecule has 2 fully saturated rings. The first kappa shape index (κ1) is 24.1. The van der Waals surface area contributed by atoms with Gasteiger partial charge in [0.25, 0.3) is 5.91 Å². The van der Waals surface area contributed by atoms with Crippen LogP contribution in [-0.2, 0) is 20.0 Å². The van der Waals surface area contributed by atoms with Gasteiger partial charge in [-0.2, -0.15) is 9.03 Å². The zero-order valence-corrected chi connectivity index (χ0v) is 19.6. The van der Waals surface area contributed by atoms with Gasteiger partial charge in [-0.25, -0.2) is 16.8 Å². The minimum absolute atomic E-state index is 0.0646. The Morgan fingerprint density at radius 1 is 1.10 bits per heavy atom. The molecule has 0 spiro atoms. The number of hydrogen-bond acceptors (Lipinski definition) is 6. The molecule has 3 unspecified atom stereocenters. The SMILES string of the molecule is CCN(CC)S(=O)(=O)c1ccc(C(=O)NCCNC2NS(=O)(=O)C3CCCCC23)cc1. The van der Waals surface area contributed by atoms with Gasteiger partial charge in [0, 0.05) is 37.7 Å². The molecule has 174 valence electrons. The summed E-state index contributed by atoms with van der Waals surface area (Å²) in [7, 11) is -6.83. The normalized spacial score (nSPS) is 25.3. The second-order valence-corrected chi connectivity index (χ2v) is 11.8. The maximum atomic E-state index is 12.5. The van der Waals surface area contributed by atoms with Crippen LogP contribution < -0.4 is 15.4 Å². The molecule has 3 atom stereocenters. The Bertz CT molecular complexity index is 975. The van der Waals surface area contributed by atoms with Crippen molar-refractivity contribution in [1.82, 2.24) is 19.7 Å². The molecule has 11 heteroatoms. The van der Waals surface area contributed by atoms with Gasteiger partial charge in [0.05, 0.1) is 16.3 Å². The standard InChI is InChI=1S/C20H32N4O5S2/c1-3-24(4-2)31(28,29)16-11-9-15(10-12-16)20(25)22-14-13-21-19-17-7-5-6-8-18(17)30(26,27)23-19/h9-12,17-19,21,23H,3-8,13-14H2,1-2H3,(H,22,25). The number of fused-ring (bicyclic) bond motifs is 1. The fourth-order valence-electron chi connectivity index (χ4n) is 4.43. The van der Waals surface area contributed by atoms with E-state index in [4.69, 9.17) is 0 Å². The lowest BCUT2D eigenvalue weighted by molar-refractivity contribution is 0.0953. The van der Waals surface area contributed by atoms with E-state index in [1.807, 2.05) is 0 Å². The molecule has 31 heavy (non-hydrogen) atoms. The van der Waals surface area contributed by atoms with Gasteiger partial charge in [-0.05, 0) is 37.1 Å². The summed E-state index contributed by atoms with van der Waals surface area (Å²) in [6.07, 6.45) is 3.27. The van der Waals surface area contributed by atoms with Crippen molar-refractivity contribution in [2.75, 3.05) is 26.2 Å². The molecule has 1 saturated heterocycles. The van der Waals surface area contributed by atoms with E-state index >= 15 is 0 Å². The molecule has 0 aromatic heterocycles. The van der Waals surface area contributed by atoms with Crippen LogP contribution in [0.2, 0.25) is 0 Å². The number of hydrogen-bond donors (Lipinski definition) is 3. The van der Waals surface area contributed by atoms with Crippen LogP contribution in [-0.4, -0.2) is 64.6 Å². The summed E-state index contributed by atoms with van der Waals surface area (Å²) in [6, 6.07) is 5.88. The molecular weight excluding hydrogens is 440 g/mol. The highest BCUT2D eigenvalue weighted by Crippen LogP contribution is 2.35. The molecular formula is C20H32N4O5S2. The van der Waals surface area contributed by atoms with Crippen molar-refractivity contribution in [2.24, 2.45) is 5.92 Å². The van der Waals surface area contributed by atoms with E-state index in [-0.39, 0.29) is 28.1 Å². The van der Waals surface area contributed by atoms with E-state index in [9.17, 15) is 21.6 Å². The Balaban J connectivity index is 1.50. The number of rotatable bonds is 9. The number of benzene rings is 1. The first-order valence-electron chi connectivity index (χ1n) is 10.8. The summed E-state index contributed by atoms with van der Waals surface area (Å²) < 4.78 is 53.6. The Hall–Kier alpha value is -1.53. The van der Waals surface area contributed by atoms with E-state index in [1.54, 1.807) is 13.8 Å². The first-order chi connectivity index (χ1) is 14.7. The number of sulfonamides is 2. The molecule has 1 aliphatic carbocycles. The van der Waals surface area contributed by atoms with Gasteiger partial charge in [-0.15, -0.1) is 0 Å². The average molecular weight is 473 g/mol. The maximum Gasteiger partial charge on any atom is 0.251 e. The summed E-state index contributed by atoms with van der Waals surface area (Å²) >= 11 is 0. The van der Waals surface area contributed by atoms with Crippen LogP contribution in [0.1, 0.15) is 49.9 Å². The molecule has 1 aromatic carbocycles. The van der Waals surface area contributed by atoms with Crippen molar-refractivity contribution in [1.29, 1.82) is 0 Å². The van der Waals surface area contributed by atoms with Crippen LogP contribution >= 0.6 is 0 Å². The summed E-state index contributed by atoms with van der Waals surface area (Å²) in [5, 5.41) is 5.67. The van der Waals surface area contributed by atoms with E-state index in [1.165, 1.54) is 28.6 Å². The predicted octanol–water partition coefficient (Wildman–Crippen LogP) is 0.854. The van der Waals surface area contributed by atoms with Gasteiger partial charge >= 0.3 is 0 Å². The number of carbonyl (C=O) groups is 1. The van der Waals surface area contributed by atoms with Gasteiger partial charge in [-0.3, -0.25) is 10.1 Å². The molecule has 2 aliphatic rings. The van der Waals surface area contributed by atoms with E-state index in [0.717, 1.165) is 19.3 Å². The zero-order chi connectivity index (χ0) is 22.6. The van der Waals surface area contributed by atoms with Crippen LogP contribution in [0.15, 0.2) is 29.2 Å². The van der Waals surface area contributed by atoms with E-state index in [2.05, 4.69) is 15.4 Å². The zero-order valence-electron chi connectivity index (χ0n) is 18.0. The Morgan fingerprint density at radius 2 is 1.74 bits per heavy atom. The summed E-state index contributed by atoms with van der Waals surface area (Å²) in [4.78, 5) is 12.5. The Morgan fingerprint density at radius 3 is 2.39 bits per heavy atom. The molecule has 1 amide bonds. The number of amides is 1. The van der Waals surface area contributed by atoms with Crippen LogP contribution in [0.25, 0.3) is 0 Å². The number of nitrogens with zero attached hydrogens (tertiary/aromatic N) is 1. The lowest BCUT2D eigenvalue weighted by Crippen LogP contribution is -2.46. The highest BCUT2D eigenvalue weighted by molar-refractivity contribution is 7.90. The number of carbonyl (C=O) groups excluding carboxylic acids is 1. The molecule has 1 aliphatic heterocycles. The van der Waals surface area contributed by atoms with Crippen molar-refractivity contribution in [3.63, 3.8) is 0 Å². The molecule has 0 bridgehead atoms. The maximum absolute atomic E-state index is 12.5. The third-order valence-corrected chi connectivity index (χ3v) is 10.1. The second-order valence-electron chi connectivity index (χ2n) is 7.95. The van der Waals surface area contributed by atoms with Gasteiger partial charge in [0.1, 0.15) is 0 Å². The van der Waals surface area contributed by atoms with Crippen LogP contribution in [0.3, 0.4) is 0 Å². The summed E-state index contributed by atoms with van der Waals surface area (Å²) in [5.74, 6) is -0.245. The number of nitrogens with one attached hydrogen (secondary N) is 3. The second kappa shape index (κ2) is 9.95. The van der Waals surface area contributed by atoms with Gasteiger partial charge < -0.3 is 5.32 Å². The van der Waals surface area contributed by atoms with Gasteiger partial charge in [0.15, 0.2) is 0 Å². The molecule has 0 radical (unpaired) electrons. The van der Waals surface area contributed by atoms with Crippen LogP contribution in [0, 0.1) is 5.92 Å². The summed E-state index contributed by atoms with van der Waals surface area (Å²) in [5.41, 5.74) is 0.368. The third-order valence-electron chi connectivity index (χ3n) is 6.11. The highest BCUT2D eigenvalue weighted by Gasteiger charge is 2.47. The quantitative estimate of drug-likeness (QED) is 0.458. The van der Waals surface area contributed by atoms with Gasteiger partial charge in [-0.1, -0.05) is 26.7 Å². The largest absolute Gasteiger partial charge is 0.351 e. The topological polar surface area (TPSA) is 125 Å². The highest BCUT2D eigenvalue weighted by atomic mass is 32.2. The minimum atomic E-state index is -3.56. The lowest BCUT2D eigenvalue weighted by atomic mass is 9.87. The fourth-order valence-corrected chi connectivity index (χ4v) is 7.91. The molecule has 1 saturated carbocycles. The Labute approximate surface area is 185 Å². The van der Waals surface area contributed by atoms with Crippen molar-refractivity contribution >= 4 is 26.0 Å². The monoisotopic (exact) mass is 472 g/mol. The van der Waals surface area contributed by atoms with E-state index in [0.29, 0.717) is 38.2 Å². The van der Waals surface area contributed by atoms with Gasteiger partial charge in [0.2, 0.25) is 20.0 Å². The molecule has 3 N–H and O–H groups in total. The predicted molar refractivity (Wildman–Crippen MR) is 118 cm³/mol. The smallest absolute Gasteiger partial charge is 0.251 e. The fraction of sp³-hybridized carbons (Fsp3) is 0.650. The van der Waals surface area contributed by atoms with Crippen molar-refractivity contribution in [3.8, 4) is 0 Å². The van der Waals surface area contributed by atoms with Crippen molar-refractivity contribution in [3.05, 3.63) is 29.8 Å². The Kier molecular flexibility index (Phi) is 7.74. The van der Waals surface area contributed by atoms with E-state index < -0.39 is 20.0 Å². The summed E-state index contributed by atoms with van der Waals surface area (Å²) in [6.45, 7) is 5.08. The van der Waals surface area contributed by atoms with Crippen LogP contribution in [0.4, 0.5) is 0 Å². The molecule has 9 nitrogen and oxygen atoms in total. The third kappa shape index (κ3) is 5.28. The molecule has 1 aromatic rings. The van der Waals surface area contributed by atoms with Crippen molar-refractivity contribution < 1.29 is 21.6 Å². The minimum Gasteiger partial charge on any atom is -0.351 e. The van der Waals surface area contributed by atoms with Crippen molar-refractivity contribution in [2.45, 2.75) is 55.8 Å². The van der Waals surface area contributed by atoms with Crippen LogP contribution in [0.5, 0.6) is 0 Å². The first-order valence-corrected chi connectivity index (χ1v) is 13.8.